The second-order valence-electron chi connectivity index (χ2n) is 4.64. The van der Waals surface area contributed by atoms with E-state index < -0.39 is 10.1 Å². The molecule has 92 valence electrons. The van der Waals surface area contributed by atoms with E-state index in [1.165, 1.54) is 6.42 Å². The van der Waals surface area contributed by atoms with Crippen LogP contribution in [-0.4, -0.2) is 24.3 Å². The lowest BCUT2D eigenvalue weighted by atomic mass is 9.79. The van der Waals surface area contributed by atoms with E-state index in [1.807, 2.05) is 0 Å². The third-order valence-corrected chi connectivity index (χ3v) is 4.12. The lowest BCUT2D eigenvalue weighted by Crippen LogP contribution is -2.27. The Hall–Kier alpha value is -0.600. The van der Waals surface area contributed by atoms with Crippen molar-refractivity contribution in [1.82, 2.24) is 0 Å². The van der Waals surface area contributed by atoms with E-state index in [9.17, 15) is 8.42 Å². The molecular weight excluding hydrogens is 226 g/mol. The highest BCUT2D eigenvalue weighted by Gasteiger charge is 2.37. The maximum atomic E-state index is 10.5. The fourth-order valence-corrected chi connectivity index (χ4v) is 2.94. The van der Waals surface area contributed by atoms with Gasteiger partial charge in [-0.15, -0.1) is 0 Å². The maximum Gasteiger partial charge on any atom is 0.264 e. The number of hydrogen-bond acceptors (Lipinski definition) is 2. The number of nitrogens with zero attached hydrogens (tertiary/aromatic N) is 1. The minimum atomic E-state index is -3.83. The van der Waals surface area contributed by atoms with Gasteiger partial charge < -0.3 is 4.85 Å². The summed E-state index contributed by atoms with van der Waals surface area (Å²) >= 11 is 0. The molecule has 16 heavy (non-hydrogen) atoms. The molecule has 0 atom stereocenters. The second-order valence-corrected chi connectivity index (χ2v) is 6.21. The second kappa shape index (κ2) is 5.65. The molecular formula is C11H19NO3S. The molecule has 1 saturated carbocycles. The van der Waals surface area contributed by atoms with Crippen molar-refractivity contribution in [2.45, 2.75) is 56.9 Å². The summed E-state index contributed by atoms with van der Waals surface area (Å²) in [6.45, 7) is 7.26. The highest BCUT2D eigenvalue weighted by molar-refractivity contribution is 7.85. The van der Waals surface area contributed by atoms with Gasteiger partial charge in [0.25, 0.3) is 10.1 Å². The molecule has 0 aromatic carbocycles. The van der Waals surface area contributed by atoms with Crippen LogP contribution in [0.25, 0.3) is 4.85 Å². The average molecular weight is 245 g/mol. The molecule has 0 aromatic rings. The summed E-state index contributed by atoms with van der Waals surface area (Å²) in [5.41, 5.74) is -0.239. The van der Waals surface area contributed by atoms with E-state index in [0.29, 0.717) is 12.8 Å². The normalized spacial score (nSPS) is 20.2. The van der Waals surface area contributed by atoms with Crippen LogP contribution in [0.1, 0.15) is 51.4 Å². The Morgan fingerprint density at radius 2 is 1.81 bits per heavy atom. The van der Waals surface area contributed by atoms with Gasteiger partial charge >= 0.3 is 0 Å². The van der Waals surface area contributed by atoms with E-state index in [1.54, 1.807) is 0 Å². The van der Waals surface area contributed by atoms with Gasteiger partial charge in [-0.1, -0.05) is 6.42 Å². The Morgan fingerprint density at radius 3 is 2.31 bits per heavy atom. The highest BCUT2D eigenvalue weighted by atomic mass is 32.2. The average Bonchev–Trinajstić information content (AvgIpc) is 2.25. The fourth-order valence-electron chi connectivity index (χ4n) is 2.37. The van der Waals surface area contributed by atoms with Crippen molar-refractivity contribution < 1.29 is 13.0 Å². The summed E-state index contributed by atoms with van der Waals surface area (Å²) in [4.78, 5) is 3.75. The lowest BCUT2D eigenvalue weighted by Gasteiger charge is -2.25. The van der Waals surface area contributed by atoms with Crippen LogP contribution in [0, 0.1) is 6.57 Å². The van der Waals surface area contributed by atoms with Gasteiger partial charge in [-0.05, 0) is 25.7 Å². The molecule has 1 aliphatic rings. The molecule has 5 heteroatoms. The van der Waals surface area contributed by atoms with Crippen LogP contribution in [0.2, 0.25) is 0 Å². The predicted octanol–water partition coefficient (Wildman–Crippen LogP) is 2.67. The largest absolute Gasteiger partial charge is 0.310 e. The van der Waals surface area contributed by atoms with Crippen LogP contribution < -0.4 is 0 Å². The van der Waals surface area contributed by atoms with Crippen LogP contribution in [0.15, 0.2) is 0 Å². The van der Waals surface area contributed by atoms with Gasteiger partial charge in [0.2, 0.25) is 5.54 Å². The van der Waals surface area contributed by atoms with Crippen molar-refractivity contribution in [3.8, 4) is 0 Å². The molecule has 0 heterocycles. The van der Waals surface area contributed by atoms with Crippen molar-refractivity contribution in [2.75, 3.05) is 5.75 Å². The van der Waals surface area contributed by atoms with Crippen LogP contribution in [0.5, 0.6) is 0 Å². The van der Waals surface area contributed by atoms with E-state index in [2.05, 4.69) is 4.85 Å². The molecule has 0 aromatic heterocycles. The molecule has 1 rings (SSSR count). The standard InChI is InChI=1S/C11H19NO3S/c1-12-11(7-3-2-4-8-11)9-5-6-10-16(13,14)15/h2-10H2,(H,13,14,15). The Bertz CT molecular complexity index is 350. The van der Waals surface area contributed by atoms with Gasteiger partial charge in [0.15, 0.2) is 0 Å². The topological polar surface area (TPSA) is 58.7 Å². The fraction of sp³-hybridized carbons (Fsp3) is 0.909. The van der Waals surface area contributed by atoms with Crippen molar-refractivity contribution in [3.05, 3.63) is 11.4 Å². The summed E-state index contributed by atoms with van der Waals surface area (Å²) in [7, 11) is -3.83. The van der Waals surface area contributed by atoms with Gasteiger partial charge in [0.1, 0.15) is 0 Å². The molecule has 0 amide bonds. The van der Waals surface area contributed by atoms with Crippen LogP contribution in [-0.2, 0) is 10.1 Å². The number of unbranched alkanes of at least 4 members (excludes halogenated alkanes) is 1. The van der Waals surface area contributed by atoms with Crippen molar-refractivity contribution in [1.29, 1.82) is 0 Å². The van der Waals surface area contributed by atoms with Gasteiger partial charge in [-0.3, -0.25) is 4.55 Å². The lowest BCUT2D eigenvalue weighted by molar-refractivity contribution is 0.319. The first-order chi connectivity index (χ1) is 7.47. The molecule has 0 aliphatic heterocycles. The Kier molecular flexibility index (Phi) is 4.75. The highest BCUT2D eigenvalue weighted by Crippen LogP contribution is 2.35. The summed E-state index contributed by atoms with van der Waals surface area (Å²) in [6, 6.07) is 0. The van der Waals surface area contributed by atoms with Crippen LogP contribution in [0.4, 0.5) is 0 Å². The quantitative estimate of drug-likeness (QED) is 0.460. The first-order valence-corrected chi connectivity index (χ1v) is 7.42. The minimum Gasteiger partial charge on any atom is -0.310 e. The molecule has 0 unspecified atom stereocenters. The van der Waals surface area contributed by atoms with Crippen molar-refractivity contribution in [3.63, 3.8) is 0 Å². The Labute approximate surface area is 97.6 Å². The van der Waals surface area contributed by atoms with E-state index >= 15 is 0 Å². The zero-order chi connectivity index (χ0) is 12.1. The third-order valence-electron chi connectivity index (χ3n) is 3.32. The first kappa shape index (κ1) is 13.5. The van der Waals surface area contributed by atoms with E-state index in [4.69, 9.17) is 11.1 Å². The Morgan fingerprint density at radius 1 is 1.19 bits per heavy atom. The van der Waals surface area contributed by atoms with Crippen molar-refractivity contribution in [2.24, 2.45) is 0 Å². The monoisotopic (exact) mass is 245 g/mol. The molecule has 4 nitrogen and oxygen atoms in total. The molecule has 0 saturated heterocycles. The predicted molar refractivity (Wildman–Crippen MR) is 62.7 cm³/mol. The van der Waals surface area contributed by atoms with Gasteiger partial charge in [-0.2, -0.15) is 8.42 Å². The van der Waals surface area contributed by atoms with Crippen molar-refractivity contribution >= 4 is 10.1 Å². The summed E-state index contributed by atoms with van der Waals surface area (Å²) in [6.07, 6.45) is 7.26. The molecule has 0 bridgehead atoms. The smallest absolute Gasteiger partial charge is 0.264 e. The Balaban J connectivity index is 2.32. The zero-order valence-corrected chi connectivity index (χ0v) is 10.3. The molecule has 1 fully saturated rings. The zero-order valence-electron chi connectivity index (χ0n) is 9.48. The molecule has 1 aliphatic carbocycles. The van der Waals surface area contributed by atoms with E-state index in [-0.39, 0.29) is 11.3 Å². The molecule has 1 N–H and O–H groups in total. The molecule has 0 radical (unpaired) electrons. The summed E-state index contributed by atoms with van der Waals surface area (Å²) < 4.78 is 29.6. The van der Waals surface area contributed by atoms with Crippen LogP contribution >= 0.6 is 0 Å². The van der Waals surface area contributed by atoms with Crippen LogP contribution in [0.3, 0.4) is 0 Å². The molecule has 0 spiro atoms. The SMILES string of the molecule is [C-]#[N+]C1(CCCCS(=O)(=O)O)CCCCC1. The van der Waals surface area contributed by atoms with Gasteiger partial charge in [0.05, 0.1) is 5.75 Å². The summed E-state index contributed by atoms with van der Waals surface area (Å²) in [5, 5.41) is 0. The third kappa shape index (κ3) is 4.50. The maximum absolute atomic E-state index is 10.5. The minimum absolute atomic E-state index is 0.179. The first-order valence-electron chi connectivity index (χ1n) is 5.81. The number of rotatable bonds is 5. The number of hydrogen-bond donors (Lipinski definition) is 1. The van der Waals surface area contributed by atoms with Gasteiger partial charge in [0, 0.05) is 19.3 Å². The summed E-state index contributed by atoms with van der Waals surface area (Å²) in [5.74, 6) is -0.179. The van der Waals surface area contributed by atoms with Gasteiger partial charge in [-0.25, -0.2) is 6.57 Å². The van der Waals surface area contributed by atoms with E-state index in [0.717, 1.165) is 32.1 Å².